The maximum atomic E-state index is 13.7. The van der Waals surface area contributed by atoms with Crippen LogP contribution in [-0.4, -0.2) is 144 Å². The molecule has 14 nitrogen and oxygen atoms in total. The van der Waals surface area contributed by atoms with Gasteiger partial charge in [0.1, 0.15) is 34.9 Å². The number of hydrogen-bond donors (Lipinski definition) is 5. The van der Waals surface area contributed by atoms with Crippen molar-refractivity contribution in [1.29, 1.82) is 0 Å². The van der Waals surface area contributed by atoms with Gasteiger partial charge in [0.25, 0.3) is 0 Å². The third kappa shape index (κ3) is 8.88. The van der Waals surface area contributed by atoms with Crippen LogP contribution in [0.1, 0.15) is 83.7 Å². The number of aliphatic hydroxyl groups excluding tert-OH is 1. The SMILES string of the molecule is CC(O)[C@H]1C(=O)N2C(C(=O)O)=C(SCCN(C)CCCCCCCCCN(C)C(C(=O)N[C@@H]3C(=O)N4C3SC(C)(C)[C@@H]4C(=O)O)c3ccc(O)cc3)CC12. The van der Waals surface area contributed by atoms with Crippen molar-refractivity contribution in [2.24, 2.45) is 5.92 Å². The van der Waals surface area contributed by atoms with Crippen molar-refractivity contribution in [3.05, 3.63) is 40.4 Å². The number of thioether (sulfide) groups is 2. The standard InChI is InChI=1S/C38H55N5O9S2/c1-22(44)27-25-21-26(30(36(49)50)42(25)33(27)47)53-20-19-40(4)17-11-9-7-6-8-10-12-18-41(5)29(23-13-15-24(45)16-14-23)32(46)39-28-34(48)43-31(37(51)52)38(2,3)54-35(28)43/h13-16,22,25,27-29,31,35,44-45H,6-12,17-21H2,1-5H3,(H,39,46)(H,49,50)(H,51,52)/t22?,25?,27-,28-,29?,31+,35?/m1/s1. The Kier molecular flexibility index (Phi) is 13.7. The molecule has 0 spiro atoms. The Morgan fingerprint density at radius 3 is 2.17 bits per heavy atom. The highest BCUT2D eigenvalue weighted by atomic mass is 32.2. The second kappa shape index (κ2) is 17.7. The second-order valence-corrected chi connectivity index (χ2v) is 18.5. The van der Waals surface area contributed by atoms with E-state index in [0.717, 1.165) is 63.8 Å². The Labute approximate surface area is 325 Å². The number of aliphatic hydroxyl groups is 1. The quantitative estimate of drug-likeness (QED) is 0.0902. The number of rotatable bonds is 21. The number of unbranched alkanes of at least 4 members (excludes halogenated alkanes) is 6. The van der Waals surface area contributed by atoms with E-state index in [-0.39, 0.29) is 35.2 Å². The van der Waals surface area contributed by atoms with Crippen LogP contribution in [-0.2, 0) is 24.0 Å². The molecule has 0 saturated carbocycles. The number of aliphatic carboxylic acids is 2. The first-order valence-electron chi connectivity index (χ1n) is 18.9. The first-order chi connectivity index (χ1) is 25.5. The average Bonchev–Trinajstić information content (AvgIpc) is 3.56. The van der Waals surface area contributed by atoms with E-state index in [4.69, 9.17) is 0 Å². The fourth-order valence-electron chi connectivity index (χ4n) is 8.19. The van der Waals surface area contributed by atoms with Crippen LogP contribution in [0.4, 0.5) is 0 Å². The van der Waals surface area contributed by atoms with Gasteiger partial charge >= 0.3 is 11.9 Å². The number of phenolic OH excluding ortho intramolecular Hbond substituents is 1. The lowest BCUT2D eigenvalue weighted by atomic mass is 9.83. The Hall–Kier alpha value is -3.31. The predicted octanol–water partition coefficient (Wildman–Crippen LogP) is 3.30. The molecule has 0 aromatic heterocycles. The molecule has 298 valence electrons. The van der Waals surface area contributed by atoms with Gasteiger partial charge in [-0.1, -0.05) is 44.2 Å². The molecule has 4 aliphatic rings. The number of benzene rings is 1. The van der Waals surface area contributed by atoms with Crippen LogP contribution < -0.4 is 5.32 Å². The minimum atomic E-state index is -1.09. The smallest absolute Gasteiger partial charge is 0.353 e. The van der Waals surface area contributed by atoms with Crippen LogP contribution in [0.25, 0.3) is 0 Å². The van der Waals surface area contributed by atoms with Gasteiger partial charge in [-0.3, -0.25) is 19.3 Å². The van der Waals surface area contributed by atoms with Crippen LogP contribution in [0.5, 0.6) is 5.75 Å². The average molecular weight is 790 g/mol. The van der Waals surface area contributed by atoms with E-state index in [1.165, 1.54) is 45.5 Å². The number of nitrogens with zero attached hydrogens (tertiary/aromatic N) is 4. The minimum Gasteiger partial charge on any atom is -0.508 e. The Morgan fingerprint density at radius 2 is 1.57 bits per heavy atom. The van der Waals surface area contributed by atoms with Gasteiger partial charge in [0.2, 0.25) is 17.7 Å². The van der Waals surface area contributed by atoms with Gasteiger partial charge < -0.3 is 40.4 Å². The molecule has 5 N–H and O–H groups in total. The van der Waals surface area contributed by atoms with Gasteiger partial charge in [0, 0.05) is 28.4 Å². The van der Waals surface area contributed by atoms with Crippen molar-refractivity contribution in [3.63, 3.8) is 0 Å². The van der Waals surface area contributed by atoms with Gasteiger partial charge in [-0.2, -0.15) is 0 Å². The molecule has 4 heterocycles. The predicted molar refractivity (Wildman–Crippen MR) is 206 cm³/mol. The number of fused-ring (bicyclic) bond motifs is 2. The van der Waals surface area contributed by atoms with Gasteiger partial charge in [0.05, 0.1) is 18.1 Å². The van der Waals surface area contributed by atoms with E-state index in [1.807, 2.05) is 11.9 Å². The number of carbonyl (C=O) groups is 5. The van der Waals surface area contributed by atoms with Gasteiger partial charge in [-0.15, -0.1) is 23.5 Å². The molecular weight excluding hydrogens is 735 g/mol. The van der Waals surface area contributed by atoms with Crippen molar-refractivity contribution in [2.75, 3.05) is 39.5 Å². The Balaban J connectivity index is 0.982. The van der Waals surface area contributed by atoms with Crippen LogP contribution in [0.15, 0.2) is 34.9 Å². The molecule has 3 amide bonds. The number of likely N-dealkylation sites (N-methyl/N-ethyl adjacent to an activating group) is 1. The summed E-state index contributed by atoms with van der Waals surface area (Å²) in [6.45, 7) is 7.57. The summed E-state index contributed by atoms with van der Waals surface area (Å²) in [7, 11) is 3.94. The monoisotopic (exact) mass is 789 g/mol. The zero-order valence-corrected chi connectivity index (χ0v) is 33.4. The van der Waals surface area contributed by atoms with E-state index in [9.17, 15) is 44.4 Å². The molecule has 3 fully saturated rings. The summed E-state index contributed by atoms with van der Waals surface area (Å²) in [5, 5.41) is 41.7. The Bertz CT molecular complexity index is 1610. The minimum absolute atomic E-state index is 0.0768. The molecule has 4 unspecified atom stereocenters. The fourth-order valence-corrected chi connectivity index (χ4v) is 11.1. The molecule has 0 aliphatic carbocycles. The number of carbonyl (C=O) groups excluding carboxylic acids is 3. The van der Waals surface area contributed by atoms with Crippen molar-refractivity contribution in [2.45, 2.75) is 113 Å². The number of hydrogen-bond acceptors (Lipinski definition) is 11. The van der Waals surface area contributed by atoms with Gasteiger partial charge in [-0.05, 0) is 78.5 Å². The summed E-state index contributed by atoms with van der Waals surface area (Å²) in [6, 6.07) is 3.78. The number of carboxylic acids is 2. The highest BCUT2D eigenvalue weighted by molar-refractivity contribution is 8.03. The number of phenols is 1. The van der Waals surface area contributed by atoms with Crippen molar-refractivity contribution >= 4 is 53.2 Å². The maximum absolute atomic E-state index is 13.7. The molecule has 7 atom stereocenters. The van der Waals surface area contributed by atoms with Crippen molar-refractivity contribution < 1.29 is 44.4 Å². The largest absolute Gasteiger partial charge is 0.508 e. The van der Waals surface area contributed by atoms with Gasteiger partial charge in [-0.25, -0.2) is 9.59 Å². The lowest BCUT2D eigenvalue weighted by molar-refractivity contribution is -0.161. The zero-order valence-electron chi connectivity index (χ0n) is 31.8. The number of nitrogens with one attached hydrogen (secondary N) is 1. The number of amides is 3. The molecule has 4 aliphatic heterocycles. The van der Waals surface area contributed by atoms with E-state index >= 15 is 0 Å². The normalized spacial score (nSPS) is 25.4. The lowest BCUT2D eigenvalue weighted by Crippen LogP contribution is -2.71. The van der Waals surface area contributed by atoms with Crippen LogP contribution in [0, 0.1) is 5.92 Å². The topological polar surface area (TPSA) is 191 Å². The number of aromatic hydroxyl groups is 1. The molecular formula is C38H55N5O9S2. The molecule has 1 aromatic rings. The highest BCUT2D eigenvalue weighted by Gasteiger charge is 2.64. The van der Waals surface area contributed by atoms with Gasteiger partial charge in [0.15, 0.2) is 0 Å². The molecule has 5 rings (SSSR count). The summed E-state index contributed by atoms with van der Waals surface area (Å²) in [4.78, 5) is 70.6. The summed E-state index contributed by atoms with van der Waals surface area (Å²) < 4.78 is -0.686. The van der Waals surface area contributed by atoms with Crippen LogP contribution in [0.3, 0.4) is 0 Å². The summed E-state index contributed by atoms with van der Waals surface area (Å²) >= 11 is 2.88. The molecule has 0 radical (unpaired) electrons. The van der Waals surface area contributed by atoms with Crippen molar-refractivity contribution in [1.82, 2.24) is 24.9 Å². The van der Waals surface area contributed by atoms with E-state index in [1.54, 1.807) is 32.9 Å². The zero-order chi connectivity index (χ0) is 39.5. The second-order valence-electron chi connectivity index (χ2n) is 15.5. The molecule has 16 heteroatoms. The maximum Gasteiger partial charge on any atom is 0.353 e. The fraction of sp³-hybridized carbons (Fsp3) is 0.658. The third-order valence-electron chi connectivity index (χ3n) is 11.1. The summed E-state index contributed by atoms with van der Waals surface area (Å²) in [5.74, 6) is -2.89. The Morgan fingerprint density at radius 1 is 0.963 bits per heavy atom. The van der Waals surface area contributed by atoms with Crippen LogP contribution >= 0.6 is 23.5 Å². The molecule has 1 aromatic carbocycles. The van der Waals surface area contributed by atoms with E-state index < -0.39 is 52.2 Å². The molecule has 0 bridgehead atoms. The first kappa shape index (κ1) is 41.8. The van der Waals surface area contributed by atoms with E-state index in [0.29, 0.717) is 23.4 Å². The highest BCUT2D eigenvalue weighted by Crippen LogP contribution is 2.51. The number of β-lactam (4-membered cyclic amide) rings is 2. The number of carboxylic acid groups (broad SMARTS) is 2. The summed E-state index contributed by atoms with van der Waals surface area (Å²) in [6.07, 6.45) is 7.04. The molecule has 54 heavy (non-hydrogen) atoms. The van der Waals surface area contributed by atoms with E-state index in [2.05, 4.69) is 17.3 Å². The van der Waals surface area contributed by atoms with Crippen molar-refractivity contribution in [3.8, 4) is 5.75 Å². The van der Waals surface area contributed by atoms with Crippen LogP contribution in [0.2, 0.25) is 0 Å². The lowest BCUT2D eigenvalue weighted by Gasteiger charge is -2.44. The third-order valence-corrected chi connectivity index (χ3v) is 13.7. The molecule has 3 saturated heterocycles. The summed E-state index contributed by atoms with van der Waals surface area (Å²) in [5.41, 5.74) is 0.767. The first-order valence-corrected chi connectivity index (χ1v) is 20.7.